The standard InChI is InChI=1S/C16H25N3O3/c1-3-12-4-5-14(22-12)16(20)18-11-6-7-21-15(8-11)13-9-17-10-19(13)2/h9-12,14-15H,3-8H2,1-2H3,(H,18,20)/t11-,12-,14-,15-/m1/s1. The second kappa shape index (κ2) is 6.79. The zero-order valence-corrected chi connectivity index (χ0v) is 13.3. The molecule has 6 nitrogen and oxygen atoms in total. The van der Waals surface area contributed by atoms with Gasteiger partial charge < -0.3 is 19.4 Å². The van der Waals surface area contributed by atoms with Crippen molar-refractivity contribution in [3.05, 3.63) is 18.2 Å². The van der Waals surface area contributed by atoms with E-state index in [4.69, 9.17) is 9.47 Å². The molecule has 3 heterocycles. The van der Waals surface area contributed by atoms with Crippen LogP contribution in [0.1, 0.15) is 50.8 Å². The van der Waals surface area contributed by atoms with E-state index >= 15 is 0 Å². The predicted molar refractivity (Wildman–Crippen MR) is 81.3 cm³/mol. The van der Waals surface area contributed by atoms with Gasteiger partial charge in [-0.15, -0.1) is 0 Å². The Hall–Kier alpha value is -1.40. The van der Waals surface area contributed by atoms with Crippen LogP contribution in [-0.4, -0.2) is 40.3 Å². The summed E-state index contributed by atoms with van der Waals surface area (Å²) in [5.41, 5.74) is 1.06. The third-order valence-corrected chi connectivity index (χ3v) is 4.67. The fraction of sp³-hybridized carbons (Fsp3) is 0.750. The van der Waals surface area contributed by atoms with Crippen molar-refractivity contribution in [1.82, 2.24) is 14.9 Å². The van der Waals surface area contributed by atoms with E-state index in [1.807, 2.05) is 17.8 Å². The third-order valence-electron chi connectivity index (χ3n) is 4.67. The fourth-order valence-corrected chi connectivity index (χ4v) is 3.30. The first-order valence-electron chi connectivity index (χ1n) is 8.21. The van der Waals surface area contributed by atoms with Gasteiger partial charge in [0.2, 0.25) is 5.91 Å². The maximum absolute atomic E-state index is 12.3. The summed E-state index contributed by atoms with van der Waals surface area (Å²) in [7, 11) is 1.96. The van der Waals surface area contributed by atoms with Gasteiger partial charge in [-0.2, -0.15) is 0 Å². The van der Waals surface area contributed by atoms with Crippen molar-refractivity contribution in [3.63, 3.8) is 0 Å². The van der Waals surface area contributed by atoms with E-state index in [2.05, 4.69) is 17.2 Å². The lowest BCUT2D eigenvalue weighted by atomic mass is 10.0. The largest absolute Gasteiger partial charge is 0.372 e. The highest BCUT2D eigenvalue weighted by atomic mass is 16.5. The lowest BCUT2D eigenvalue weighted by Gasteiger charge is -2.30. The lowest BCUT2D eigenvalue weighted by molar-refractivity contribution is -0.134. The van der Waals surface area contributed by atoms with Crippen LogP contribution in [0.4, 0.5) is 0 Å². The van der Waals surface area contributed by atoms with Crippen molar-refractivity contribution < 1.29 is 14.3 Å². The van der Waals surface area contributed by atoms with Crippen LogP contribution < -0.4 is 5.32 Å². The number of carbonyl (C=O) groups is 1. The van der Waals surface area contributed by atoms with Gasteiger partial charge >= 0.3 is 0 Å². The maximum atomic E-state index is 12.3. The van der Waals surface area contributed by atoms with Gasteiger partial charge in [-0.3, -0.25) is 4.79 Å². The number of amides is 1. The quantitative estimate of drug-likeness (QED) is 0.920. The van der Waals surface area contributed by atoms with Gasteiger partial charge in [0.1, 0.15) is 12.2 Å². The summed E-state index contributed by atoms with van der Waals surface area (Å²) in [4.78, 5) is 16.5. The van der Waals surface area contributed by atoms with Gasteiger partial charge in [-0.05, 0) is 32.1 Å². The molecule has 0 bridgehead atoms. The molecular formula is C16H25N3O3. The van der Waals surface area contributed by atoms with Crippen molar-refractivity contribution >= 4 is 5.91 Å². The average Bonchev–Trinajstić information content (AvgIpc) is 3.16. The molecule has 0 unspecified atom stereocenters. The first-order chi connectivity index (χ1) is 10.7. The zero-order chi connectivity index (χ0) is 15.5. The topological polar surface area (TPSA) is 65.4 Å². The number of nitrogens with one attached hydrogen (secondary N) is 1. The molecule has 2 aliphatic rings. The summed E-state index contributed by atoms with van der Waals surface area (Å²) in [5.74, 6) is 0.0339. The van der Waals surface area contributed by atoms with Crippen LogP contribution in [0.2, 0.25) is 0 Å². The van der Waals surface area contributed by atoms with Crippen LogP contribution in [0.5, 0.6) is 0 Å². The lowest BCUT2D eigenvalue weighted by Crippen LogP contribution is -2.44. The van der Waals surface area contributed by atoms with E-state index in [0.717, 1.165) is 37.8 Å². The fourth-order valence-electron chi connectivity index (χ4n) is 3.30. The Morgan fingerprint density at radius 1 is 1.45 bits per heavy atom. The van der Waals surface area contributed by atoms with E-state index in [-0.39, 0.29) is 30.3 Å². The van der Waals surface area contributed by atoms with Crippen molar-refractivity contribution in [1.29, 1.82) is 0 Å². The molecule has 0 radical (unpaired) electrons. The molecule has 6 heteroatoms. The second-order valence-electron chi connectivity index (χ2n) is 6.25. The molecule has 0 saturated carbocycles. The summed E-state index contributed by atoms with van der Waals surface area (Å²) in [6, 6.07) is 0.144. The number of aromatic nitrogens is 2. The molecule has 22 heavy (non-hydrogen) atoms. The van der Waals surface area contributed by atoms with E-state index in [9.17, 15) is 4.79 Å². The molecule has 0 spiro atoms. The van der Waals surface area contributed by atoms with E-state index in [0.29, 0.717) is 6.61 Å². The van der Waals surface area contributed by atoms with Crippen LogP contribution in [0.3, 0.4) is 0 Å². The average molecular weight is 307 g/mol. The Morgan fingerprint density at radius 2 is 2.32 bits per heavy atom. The molecule has 1 aromatic heterocycles. The first kappa shape index (κ1) is 15.5. The minimum atomic E-state index is -0.275. The van der Waals surface area contributed by atoms with Crippen LogP contribution in [0.15, 0.2) is 12.5 Å². The van der Waals surface area contributed by atoms with Gasteiger partial charge in [-0.1, -0.05) is 6.92 Å². The summed E-state index contributed by atoms with van der Waals surface area (Å²) in [6.07, 6.45) is 8.01. The normalized spacial score (nSPS) is 32.1. The molecule has 0 aliphatic carbocycles. The van der Waals surface area contributed by atoms with Crippen molar-refractivity contribution in [2.24, 2.45) is 7.05 Å². The van der Waals surface area contributed by atoms with Crippen LogP contribution in [-0.2, 0) is 21.3 Å². The highest BCUT2D eigenvalue weighted by Crippen LogP contribution is 2.28. The third kappa shape index (κ3) is 3.33. The van der Waals surface area contributed by atoms with Crippen LogP contribution in [0, 0.1) is 0 Å². The van der Waals surface area contributed by atoms with Gasteiger partial charge in [-0.25, -0.2) is 4.98 Å². The Balaban J connectivity index is 1.54. The highest BCUT2D eigenvalue weighted by Gasteiger charge is 2.32. The molecule has 1 aromatic rings. The molecule has 2 aliphatic heterocycles. The number of carbonyl (C=O) groups excluding carboxylic acids is 1. The van der Waals surface area contributed by atoms with E-state index in [1.54, 1.807) is 6.33 Å². The predicted octanol–water partition coefficient (Wildman–Crippen LogP) is 1.71. The zero-order valence-electron chi connectivity index (χ0n) is 13.3. The Bertz CT molecular complexity index is 516. The van der Waals surface area contributed by atoms with Gasteiger partial charge in [0.15, 0.2) is 0 Å². The number of imidazole rings is 1. The first-order valence-corrected chi connectivity index (χ1v) is 8.21. The number of nitrogens with zero attached hydrogens (tertiary/aromatic N) is 2. The smallest absolute Gasteiger partial charge is 0.249 e. The molecule has 3 rings (SSSR count). The second-order valence-corrected chi connectivity index (χ2v) is 6.25. The van der Waals surface area contributed by atoms with Gasteiger partial charge in [0, 0.05) is 19.7 Å². The maximum Gasteiger partial charge on any atom is 0.249 e. The Morgan fingerprint density at radius 3 is 3.00 bits per heavy atom. The molecule has 2 saturated heterocycles. The molecule has 0 aromatic carbocycles. The summed E-state index contributed by atoms with van der Waals surface area (Å²) >= 11 is 0. The summed E-state index contributed by atoms with van der Waals surface area (Å²) in [5, 5.41) is 3.14. The number of hydrogen-bond acceptors (Lipinski definition) is 4. The SMILES string of the molecule is CC[C@@H]1CC[C@H](C(=O)N[C@@H]2CCO[C@@H](c3cncn3C)C2)O1. The Kier molecular flexibility index (Phi) is 4.78. The molecular weight excluding hydrogens is 282 g/mol. The molecule has 122 valence electrons. The van der Waals surface area contributed by atoms with E-state index in [1.165, 1.54) is 0 Å². The van der Waals surface area contributed by atoms with Crippen molar-refractivity contribution in [2.75, 3.05) is 6.61 Å². The van der Waals surface area contributed by atoms with Crippen molar-refractivity contribution in [2.45, 2.75) is 63.4 Å². The van der Waals surface area contributed by atoms with Gasteiger partial charge in [0.25, 0.3) is 0 Å². The molecule has 1 N–H and O–H groups in total. The Labute approximate surface area is 131 Å². The number of ether oxygens (including phenoxy) is 2. The molecule has 2 fully saturated rings. The van der Waals surface area contributed by atoms with Crippen LogP contribution in [0.25, 0.3) is 0 Å². The number of aryl methyl sites for hydroxylation is 1. The monoisotopic (exact) mass is 307 g/mol. The number of rotatable bonds is 4. The van der Waals surface area contributed by atoms with Crippen LogP contribution >= 0.6 is 0 Å². The summed E-state index contributed by atoms with van der Waals surface area (Å²) in [6.45, 7) is 2.76. The minimum Gasteiger partial charge on any atom is -0.372 e. The van der Waals surface area contributed by atoms with Gasteiger partial charge in [0.05, 0.1) is 24.3 Å². The van der Waals surface area contributed by atoms with E-state index < -0.39 is 0 Å². The summed E-state index contributed by atoms with van der Waals surface area (Å²) < 4.78 is 13.6. The highest BCUT2D eigenvalue weighted by molar-refractivity contribution is 5.81. The molecule has 4 atom stereocenters. The molecule has 1 amide bonds. The number of hydrogen-bond donors (Lipinski definition) is 1. The van der Waals surface area contributed by atoms with Crippen molar-refractivity contribution in [3.8, 4) is 0 Å². The minimum absolute atomic E-state index is 0.000522.